The average molecular weight is 427 g/mol. The van der Waals surface area contributed by atoms with Crippen molar-refractivity contribution in [3.8, 4) is 5.75 Å². The number of nitrogens with zero attached hydrogens (tertiary/aromatic N) is 3. The van der Waals surface area contributed by atoms with E-state index in [1.165, 1.54) is 24.0 Å². The van der Waals surface area contributed by atoms with Crippen molar-refractivity contribution in [2.75, 3.05) is 7.11 Å². The lowest BCUT2D eigenvalue weighted by Crippen LogP contribution is -2.23. The van der Waals surface area contributed by atoms with Crippen molar-refractivity contribution in [2.24, 2.45) is 0 Å². The van der Waals surface area contributed by atoms with Crippen LogP contribution in [0.5, 0.6) is 5.75 Å². The molecule has 0 N–H and O–H groups in total. The maximum atomic E-state index is 14.1. The van der Waals surface area contributed by atoms with Gasteiger partial charge in [-0.15, -0.1) is 0 Å². The van der Waals surface area contributed by atoms with Gasteiger partial charge in [-0.3, -0.25) is 9.36 Å². The lowest BCUT2D eigenvalue weighted by atomic mass is 10.1. The van der Waals surface area contributed by atoms with Crippen molar-refractivity contribution in [1.29, 1.82) is 0 Å². The number of aryl methyl sites for hydroxylation is 1. The van der Waals surface area contributed by atoms with Crippen LogP contribution < -0.4 is 10.3 Å². The molecule has 0 saturated heterocycles. The van der Waals surface area contributed by atoms with Crippen molar-refractivity contribution >= 4 is 21.9 Å². The molecule has 0 aliphatic rings. The van der Waals surface area contributed by atoms with Gasteiger partial charge in [0.05, 0.1) is 25.5 Å². The molecular formula is C26H22FN3O2. The van der Waals surface area contributed by atoms with Gasteiger partial charge < -0.3 is 9.30 Å². The Morgan fingerprint density at radius 3 is 2.56 bits per heavy atom. The number of hydrogen-bond donors (Lipinski definition) is 0. The van der Waals surface area contributed by atoms with Crippen LogP contribution in [0.1, 0.15) is 16.7 Å². The first kappa shape index (κ1) is 20.0. The van der Waals surface area contributed by atoms with Crippen LogP contribution in [0.3, 0.4) is 0 Å². The number of halogens is 1. The topological polar surface area (TPSA) is 49.0 Å². The molecule has 5 rings (SSSR count). The molecule has 2 aromatic heterocycles. The van der Waals surface area contributed by atoms with Crippen molar-refractivity contribution in [3.63, 3.8) is 0 Å². The van der Waals surface area contributed by atoms with Gasteiger partial charge in [0.25, 0.3) is 5.56 Å². The average Bonchev–Trinajstić information content (AvgIpc) is 3.10. The third kappa shape index (κ3) is 3.54. The summed E-state index contributed by atoms with van der Waals surface area (Å²) in [4.78, 5) is 18.2. The van der Waals surface area contributed by atoms with Gasteiger partial charge in [0, 0.05) is 11.9 Å². The molecule has 0 saturated carbocycles. The molecular weight excluding hydrogens is 405 g/mol. The van der Waals surface area contributed by atoms with Crippen LogP contribution in [0.15, 0.2) is 77.9 Å². The van der Waals surface area contributed by atoms with Gasteiger partial charge in [-0.1, -0.05) is 42.0 Å². The molecule has 3 aromatic carbocycles. The zero-order valence-corrected chi connectivity index (χ0v) is 17.9. The van der Waals surface area contributed by atoms with Crippen LogP contribution in [0.4, 0.5) is 4.39 Å². The number of methoxy groups -OCH3 is 1. The van der Waals surface area contributed by atoms with Crippen LogP contribution >= 0.6 is 0 Å². The largest absolute Gasteiger partial charge is 0.497 e. The fourth-order valence-corrected chi connectivity index (χ4v) is 4.09. The molecule has 6 heteroatoms. The minimum atomic E-state index is -0.353. The smallest absolute Gasteiger partial charge is 0.278 e. The maximum Gasteiger partial charge on any atom is 0.278 e. The molecule has 0 amide bonds. The highest BCUT2D eigenvalue weighted by atomic mass is 19.1. The zero-order chi connectivity index (χ0) is 22.2. The lowest BCUT2D eigenvalue weighted by molar-refractivity contribution is 0.414. The molecule has 160 valence electrons. The first-order valence-electron chi connectivity index (χ1n) is 10.4. The summed E-state index contributed by atoms with van der Waals surface area (Å²) in [6, 6.07) is 20.3. The summed E-state index contributed by atoms with van der Waals surface area (Å²) in [5, 5.41) is 0.637. The van der Waals surface area contributed by atoms with Crippen LogP contribution in [0, 0.1) is 12.7 Å². The van der Waals surface area contributed by atoms with E-state index in [2.05, 4.69) is 4.98 Å². The molecule has 0 aliphatic heterocycles. The Hall–Kier alpha value is -3.93. The number of ether oxygens (including phenoxy) is 1. The Bertz CT molecular complexity index is 1500. The Morgan fingerprint density at radius 2 is 1.78 bits per heavy atom. The van der Waals surface area contributed by atoms with E-state index in [1.54, 1.807) is 17.7 Å². The number of fused-ring (bicyclic) bond motifs is 3. The number of aromatic nitrogens is 3. The molecule has 0 bridgehead atoms. The van der Waals surface area contributed by atoms with Gasteiger partial charge >= 0.3 is 0 Å². The van der Waals surface area contributed by atoms with E-state index < -0.39 is 0 Å². The molecule has 5 aromatic rings. The van der Waals surface area contributed by atoms with Gasteiger partial charge in [-0.25, -0.2) is 9.37 Å². The van der Waals surface area contributed by atoms with E-state index >= 15 is 0 Å². The molecule has 0 radical (unpaired) electrons. The van der Waals surface area contributed by atoms with E-state index in [0.29, 0.717) is 29.5 Å². The summed E-state index contributed by atoms with van der Waals surface area (Å²) in [7, 11) is 1.61. The van der Waals surface area contributed by atoms with Crippen molar-refractivity contribution in [1.82, 2.24) is 14.1 Å². The Labute approximate surface area is 184 Å². The predicted octanol–water partition coefficient (Wildman–Crippen LogP) is 4.90. The highest BCUT2D eigenvalue weighted by Gasteiger charge is 2.17. The van der Waals surface area contributed by atoms with Gasteiger partial charge in [-0.05, 0) is 48.4 Å². The second-order valence-corrected chi connectivity index (χ2v) is 7.96. The summed E-state index contributed by atoms with van der Waals surface area (Å²) in [6.45, 7) is 2.89. The predicted molar refractivity (Wildman–Crippen MR) is 124 cm³/mol. The van der Waals surface area contributed by atoms with Crippen LogP contribution in [-0.2, 0) is 13.1 Å². The molecule has 2 heterocycles. The highest BCUT2D eigenvalue weighted by molar-refractivity contribution is 6.05. The van der Waals surface area contributed by atoms with Crippen molar-refractivity contribution in [2.45, 2.75) is 20.0 Å². The molecule has 0 aliphatic carbocycles. The first-order valence-corrected chi connectivity index (χ1v) is 10.4. The second kappa shape index (κ2) is 7.96. The summed E-state index contributed by atoms with van der Waals surface area (Å²) < 4.78 is 22.9. The molecule has 0 spiro atoms. The summed E-state index contributed by atoms with van der Waals surface area (Å²) in [5.74, 6) is 0.378. The standard InChI is InChI=1S/C26H22FN3O2/c1-17-6-8-18(9-7-17)15-30-23-11-10-20(27)13-22(23)24-25(30)26(31)29(16-28-24)14-19-4-3-5-21(12-19)32-2/h3-13,16H,14-15H2,1-2H3. The van der Waals surface area contributed by atoms with E-state index in [0.717, 1.165) is 22.4 Å². The third-order valence-electron chi connectivity index (χ3n) is 5.74. The fourth-order valence-electron chi connectivity index (χ4n) is 4.09. The van der Waals surface area contributed by atoms with Gasteiger partial charge in [0.15, 0.2) is 0 Å². The molecule has 32 heavy (non-hydrogen) atoms. The van der Waals surface area contributed by atoms with Gasteiger partial charge in [0.1, 0.15) is 22.6 Å². The molecule has 0 unspecified atom stereocenters. The lowest BCUT2D eigenvalue weighted by Gasteiger charge is -2.10. The number of benzene rings is 3. The van der Waals surface area contributed by atoms with Gasteiger partial charge in [0.2, 0.25) is 0 Å². The van der Waals surface area contributed by atoms with Gasteiger partial charge in [-0.2, -0.15) is 0 Å². The summed E-state index contributed by atoms with van der Waals surface area (Å²) >= 11 is 0. The van der Waals surface area contributed by atoms with E-state index in [-0.39, 0.29) is 11.4 Å². The molecule has 0 atom stereocenters. The minimum absolute atomic E-state index is 0.165. The SMILES string of the molecule is COc1cccc(Cn2cnc3c4cc(F)ccc4n(Cc4ccc(C)cc4)c3c2=O)c1. The van der Waals surface area contributed by atoms with E-state index in [9.17, 15) is 9.18 Å². The first-order chi connectivity index (χ1) is 15.5. The quantitative estimate of drug-likeness (QED) is 0.401. The van der Waals surface area contributed by atoms with E-state index in [1.807, 2.05) is 60.0 Å². The Kier molecular flexibility index (Phi) is 4.98. The van der Waals surface area contributed by atoms with E-state index in [4.69, 9.17) is 4.74 Å². The Morgan fingerprint density at radius 1 is 0.969 bits per heavy atom. The number of hydrogen-bond acceptors (Lipinski definition) is 3. The summed E-state index contributed by atoms with van der Waals surface area (Å²) in [5.41, 5.74) is 4.75. The molecule has 0 fully saturated rings. The zero-order valence-electron chi connectivity index (χ0n) is 17.9. The summed E-state index contributed by atoms with van der Waals surface area (Å²) in [6.07, 6.45) is 1.53. The Balaban J connectivity index is 1.69. The maximum absolute atomic E-state index is 14.1. The number of rotatable bonds is 5. The van der Waals surface area contributed by atoms with Crippen LogP contribution in [0.25, 0.3) is 21.9 Å². The van der Waals surface area contributed by atoms with Crippen molar-refractivity contribution in [3.05, 3.63) is 106 Å². The van der Waals surface area contributed by atoms with Crippen LogP contribution in [-0.4, -0.2) is 21.2 Å². The highest BCUT2D eigenvalue weighted by Crippen LogP contribution is 2.27. The van der Waals surface area contributed by atoms with Crippen molar-refractivity contribution < 1.29 is 9.13 Å². The monoisotopic (exact) mass is 427 g/mol. The fraction of sp³-hybridized carbons (Fsp3) is 0.154. The van der Waals surface area contributed by atoms with Crippen LogP contribution in [0.2, 0.25) is 0 Å². The molecule has 5 nitrogen and oxygen atoms in total. The second-order valence-electron chi connectivity index (χ2n) is 7.96. The third-order valence-corrected chi connectivity index (χ3v) is 5.74. The minimum Gasteiger partial charge on any atom is -0.497 e. The normalized spacial score (nSPS) is 11.3.